The van der Waals surface area contributed by atoms with Gasteiger partial charge in [0.25, 0.3) is 0 Å². The van der Waals surface area contributed by atoms with E-state index < -0.39 is 17.9 Å². The molecule has 0 aromatic carbocycles. The van der Waals surface area contributed by atoms with Crippen LogP contribution in [0.25, 0.3) is 0 Å². The van der Waals surface area contributed by atoms with Crippen molar-refractivity contribution in [3.63, 3.8) is 0 Å². The van der Waals surface area contributed by atoms with Gasteiger partial charge in [-0.15, -0.1) is 0 Å². The van der Waals surface area contributed by atoms with E-state index in [1.54, 1.807) is 0 Å². The Morgan fingerprint density at radius 2 is 1.27 bits per heavy atom. The topological polar surface area (TPSA) is 52.6 Å². The van der Waals surface area contributed by atoms with E-state index >= 15 is 0 Å². The zero-order chi connectivity index (χ0) is 16.7. The van der Waals surface area contributed by atoms with Crippen molar-refractivity contribution in [3.8, 4) is 0 Å². The maximum atomic E-state index is 12.4. The molecule has 0 spiro atoms. The van der Waals surface area contributed by atoms with Gasteiger partial charge in [-0.25, -0.2) is 0 Å². The van der Waals surface area contributed by atoms with E-state index in [1.807, 2.05) is 34.6 Å². The molecular formula is C18H32O4. The molecule has 1 atom stereocenters. The lowest BCUT2D eigenvalue weighted by molar-refractivity contribution is -0.167. The number of rotatable bonds is 8. The second kappa shape index (κ2) is 9.16. The molecule has 22 heavy (non-hydrogen) atoms. The predicted molar refractivity (Wildman–Crippen MR) is 86.2 cm³/mol. The van der Waals surface area contributed by atoms with Crippen LogP contribution in [0.5, 0.6) is 0 Å². The minimum Gasteiger partial charge on any atom is -0.465 e. The van der Waals surface area contributed by atoms with Gasteiger partial charge in [0.15, 0.2) is 5.92 Å². The van der Waals surface area contributed by atoms with Crippen molar-refractivity contribution in [2.24, 2.45) is 29.6 Å². The predicted octanol–water partition coefficient (Wildman–Crippen LogP) is 3.83. The van der Waals surface area contributed by atoms with Gasteiger partial charge in [0.1, 0.15) is 0 Å². The van der Waals surface area contributed by atoms with Crippen LogP contribution in [0, 0.1) is 29.6 Å². The van der Waals surface area contributed by atoms with Crippen molar-refractivity contribution < 1.29 is 19.1 Å². The van der Waals surface area contributed by atoms with Crippen molar-refractivity contribution in [1.29, 1.82) is 0 Å². The van der Waals surface area contributed by atoms with Gasteiger partial charge in [-0.05, 0) is 23.7 Å². The molecular weight excluding hydrogens is 280 g/mol. The third-order valence-corrected chi connectivity index (χ3v) is 4.29. The second-order valence-corrected chi connectivity index (χ2v) is 7.43. The van der Waals surface area contributed by atoms with Crippen molar-refractivity contribution in [2.45, 2.75) is 60.3 Å². The lowest BCUT2D eigenvalue weighted by Crippen LogP contribution is -2.37. The van der Waals surface area contributed by atoms with Crippen LogP contribution in [0.3, 0.4) is 0 Å². The van der Waals surface area contributed by atoms with Crippen LogP contribution in [-0.2, 0) is 19.1 Å². The summed E-state index contributed by atoms with van der Waals surface area (Å²) in [5, 5.41) is 0. The molecule has 0 aromatic rings. The quantitative estimate of drug-likeness (QED) is 0.505. The van der Waals surface area contributed by atoms with Gasteiger partial charge < -0.3 is 9.47 Å². The molecule has 4 heteroatoms. The molecule has 0 saturated heterocycles. The van der Waals surface area contributed by atoms with E-state index in [-0.39, 0.29) is 17.8 Å². The Balaban J connectivity index is 2.74. The van der Waals surface area contributed by atoms with Gasteiger partial charge in [0.05, 0.1) is 13.2 Å². The number of hydrogen-bond donors (Lipinski definition) is 0. The van der Waals surface area contributed by atoms with Crippen LogP contribution in [0.4, 0.5) is 0 Å². The second-order valence-electron chi connectivity index (χ2n) is 7.43. The lowest BCUT2D eigenvalue weighted by atomic mass is 9.82. The van der Waals surface area contributed by atoms with Gasteiger partial charge >= 0.3 is 11.9 Å². The molecule has 0 N–H and O–H groups in total. The van der Waals surface area contributed by atoms with E-state index in [0.717, 1.165) is 12.8 Å². The molecule has 0 aromatic heterocycles. The first-order valence-electron chi connectivity index (χ1n) is 8.66. The van der Waals surface area contributed by atoms with Crippen molar-refractivity contribution in [3.05, 3.63) is 0 Å². The van der Waals surface area contributed by atoms with E-state index in [4.69, 9.17) is 9.47 Å². The van der Waals surface area contributed by atoms with Crippen molar-refractivity contribution in [2.75, 3.05) is 13.2 Å². The minimum absolute atomic E-state index is 0.0122. The fourth-order valence-corrected chi connectivity index (χ4v) is 2.96. The highest BCUT2D eigenvalue weighted by Crippen LogP contribution is 2.36. The molecule has 0 amide bonds. The molecule has 4 nitrogen and oxygen atoms in total. The fraction of sp³-hybridized carbons (Fsp3) is 0.889. The SMILES string of the molecule is CC(C)COC(=O)C(C(=O)OCC(C)C)C(C)C1CCCC1. The highest BCUT2D eigenvalue weighted by Gasteiger charge is 2.39. The molecule has 1 rings (SSSR count). The number of esters is 2. The maximum Gasteiger partial charge on any atom is 0.320 e. The van der Waals surface area contributed by atoms with Gasteiger partial charge in [0.2, 0.25) is 0 Å². The molecule has 0 bridgehead atoms. The van der Waals surface area contributed by atoms with Crippen LogP contribution < -0.4 is 0 Å². The number of carbonyl (C=O) groups excluding carboxylic acids is 2. The molecule has 0 heterocycles. The van der Waals surface area contributed by atoms with Crippen LogP contribution in [0.2, 0.25) is 0 Å². The third kappa shape index (κ3) is 5.98. The summed E-state index contributed by atoms with van der Waals surface area (Å²) in [4.78, 5) is 24.8. The lowest BCUT2D eigenvalue weighted by Gasteiger charge is -2.26. The van der Waals surface area contributed by atoms with Crippen LogP contribution in [0.1, 0.15) is 60.3 Å². The Morgan fingerprint density at radius 1 is 0.864 bits per heavy atom. The summed E-state index contributed by atoms with van der Waals surface area (Å²) in [7, 11) is 0. The van der Waals surface area contributed by atoms with Gasteiger partial charge in [-0.3, -0.25) is 9.59 Å². The van der Waals surface area contributed by atoms with E-state index in [9.17, 15) is 9.59 Å². The summed E-state index contributed by atoms with van der Waals surface area (Å²) in [5.74, 6) is -0.675. The Labute approximate surface area is 134 Å². The van der Waals surface area contributed by atoms with E-state index in [0.29, 0.717) is 19.1 Å². The first-order valence-corrected chi connectivity index (χ1v) is 8.66. The number of ether oxygens (including phenoxy) is 2. The zero-order valence-electron chi connectivity index (χ0n) is 14.8. The number of hydrogen-bond acceptors (Lipinski definition) is 4. The van der Waals surface area contributed by atoms with Gasteiger partial charge in [0, 0.05) is 0 Å². The largest absolute Gasteiger partial charge is 0.465 e. The summed E-state index contributed by atoms with van der Waals surface area (Å²) in [6, 6.07) is 0. The average Bonchev–Trinajstić information content (AvgIpc) is 2.97. The minimum atomic E-state index is -0.777. The molecule has 1 aliphatic carbocycles. The first-order chi connectivity index (χ1) is 10.3. The fourth-order valence-electron chi connectivity index (χ4n) is 2.96. The third-order valence-electron chi connectivity index (χ3n) is 4.29. The average molecular weight is 312 g/mol. The molecule has 0 aliphatic heterocycles. The van der Waals surface area contributed by atoms with Crippen LogP contribution >= 0.6 is 0 Å². The van der Waals surface area contributed by atoms with E-state index in [2.05, 4.69) is 0 Å². The monoisotopic (exact) mass is 312 g/mol. The number of carbonyl (C=O) groups is 2. The molecule has 0 radical (unpaired) electrons. The first kappa shape index (κ1) is 19.0. The zero-order valence-corrected chi connectivity index (χ0v) is 14.8. The Kier molecular flexibility index (Phi) is 7.91. The Bertz CT molecular complexity index is 332. The van der Waals surface area contributed by atoms with Crippen LogP contribution in [-0.4, -0.2) is 25.2 Å². The van der Waals surface area contributed by atoms with E-state index in [1.165, 1.54) is 12.8 Å². The normalized spacial score (nSPS) is 17.3. The Morgan fingerprint density at radius 3 is 1.64 bits per heavy atom. The molecule has 1 unspecified atom stereocenters. The summed E-state index contributed by atoms with van der Waals surface area (Å²) >= 11 is 0. The summed E-state index contributed by atoms with van der Waals surface area (Å²) in [6.07, 6.45) is 4.55. The Hall–Kier alpha value is -1.06. The summed E-state index contributed by atoms with van der Waals surface area (Å²) in [5.41, 5.74) is 0. The molecule has 1 saturated carbocycles. The van der Waals surface area contributed by atoms with Crippen LogP contribution in [0.15, 0.2) is 0 Å². The highest BCUT2D eigenvalue weighted by atomic mass is 16.6. The van der Waals surface area contributed by atoms with Crippen molar-refractivity contribution >= 4 is 11.9 Å². The molecule has 1 fully saturated rings. The van der Waals surface area contributed by atoms with Gasteiger partial charge in [-0.1, -0.05) is 60.3 Å². The highest BCUT2D eigenvalue weighted by molar-refractivity contribution is 5.95. The standard InChI is InChI=1S/C18H32O4/c1-12(2)10-21-17(19)16(18(20)22-11-13(3)4)14(5)15-8-6-7-9-15/h12-16H,6-11H2,1-5H3. The van der Waals surface area contributed by atoms with Crippen molar-refractivity contribution in [1.82, 2.24) is 0 Å². The van der Waals surface area contributed by atoms with Gasteiger partial charge in [-0.2, -0.15) is 0 Å². The summed E-state index contributed by atoms with van der Waals surface area (Å²) in [6.45, 7) is 10.6. The maximum absolute atomic E-state index is 12.4. The summed E-state index contributed by atoms with van der Waals surface area (Å²) < 4.78 is 10.7. The smallest absolute Gasteiger partial charge is 0.320 e. The molecule has 1 aliphatic rings. The molecule has 128 valence electrons.